The van der Waals surface area contributed by atoms with Crippen LogP contribution < -0.4 is 0 Å². The zero-order valence-corrected chi connectivity index (χ0v) is 7.37. The van der Waals surface area contributed by atoms with Crippen molar-refractivity contribution in [3.8, 4) is 11.1 Å². The summed E-state index contributed by atoms with van der Waals surface area (Å²) in [5, 5.41) is 0. The van der Waals surface area contributed by atoms with Gasteiger partial charge in [-0.1, -0.05) is 30.3 Å². The van der Waals surface area contributed by atoms with Crippen LogP contribution in [0, 0.1) is 11.6 Å². The Bertz CT molecular complexity index is 435. The summed E-state index contributed by atoms with van der Waals surface area (Å²) in [5.41, 5.74) is 0.982. The van der Waals surface area contributed by atoms with Crippen LogP contribution in [-0.2, 0) is 0 Å². The summed E-state index contributed by atoms with van der Waals surface area (Å²) >= 11 is 0. The van der Waals surface area contributed by atoms with E-state index in [1.54, 1.807) is 24.3 Å². The molecule has 2 heteroatoms. The number of hydrogen-bond acceptors (Lipinski definition) is 0. The Hall–Kier alpha value is -1.70. The van der Waals surface area contributed by atoms with Gasteiger partial charge in [0, 0.05) is 5.56 Å². The summed E-state index contributed by atoms with van der Waals surface area (Å²) in [4.78, 5) is 0. The van der Waals surface area contributed by atoms with Crippen LogP contribution in [0.25, 0.3) is 11.1 Å². The van der Waals surface area contributed by atoms with Gasteiger partial charge in [0.25, 0.3) is 0 Å². The zero-order chi connectivity index (χ0) is 9.97. The maximum atomic E-state index is 13.3. The van der Waals surface area contributed by atoms with Crippen LogP contribution in [0.4, 0.5) is 8.78 Å². The Morgan fingerprint density at radius 3 is 2.21 bits per heavy atom. The molecule has 2 aromatic carbocycles. The SMILES string of the molecule is Fc1ccc(F)c(-c2ccccc2)c1. The topological polar surface area (TPSA) is 0 Å². The van der Waals surface area contributed by atoms with Crippen molar-refractivity contribution in [2.24, 2.45) is 0 Å². The van der Waals surface area contributed by atoms with Gasteiger partial charge in [0.15, 0.2) is 0 Å². The van der Waals surface area contributed by atoms with Crippen molar-refractivity contribution >= 4 is 0 Å². The fourth-order valence-electron chi connectivity index (χ4n) is 1.34. The fraction of sp³-hybridized carbons (Fsp3) is 0. The van der Waals surface area contributed by atoms with E-state index in [0.717, 1.165) is 12.1 Å². The molecule has 0 heterocycles. The second-order valence-electron chi connectivity index (χ2n) is 2.99. The molecule has 0 unspecified atom stereocenters. The van der Waals surface area contributed by atoms with E-state index in [2.05, 4.69) is 0 Å². The van der Waals surface area contributed by atoms with Gasteiger partial charge in [-0.25, -0.2) is 8.78 Å². The molecule has 0 aliphatic rings. The normalized spacial score (nSPS) is 10.1. The molecule has 0 N–H and O–H groups in total. The molecule has 14 heavy (non-hydrogen) atoms. The van der Waals surface area contributed by atoms with E-state index in [4.69, 9.17) is 0 Å². The number of halogens is 2. The fourth-order valence-corrected chi connectivity index (χ4v) is 1.34. The summed E-state index contributed by atoms with van der Waals surface area (Å²) in [6.45, 7) is 0. The van der Waals surface area contributed by atoms with Crippen LogP contribution in [-0.4, -0.2) is 0 Å². The quantitative estimate of drug-likeness (QED) is 0.644. The van der Waals surface area contributed by atoms with E-state index in [1.807, 2.05) is 6.07 Å². The first-order valence-corrected chi connectivity index (χ1v) is 4.28. The second-order valence-corrected chi connectivity index (χ2v) is 2.99. The molecule has 0 saturated carbocycles. The first-order valence-electron chi connectivity index (χ1n) is 4.28. The average Bonchev–Trinajstić information content (AvgIpc) is 2.23. The van der Waals surface area contributed by atoms with Crippen molar-refractivity contribution < 1.29 is 8.78 Å². The summed E-state index contributed by atoms with van der Waals surface area (Å²) in [5.74, 6) is -0.831. The van der Waals surface area contributed by atoms with Crippen LogP contribution in [0.3, 0.4) is 0 Å². The van der Waals surface area contributed by atoms with E-state index in [-0.39, 0.29) is 0 Å². The van der Waals surface area contributed by atoms with Crippen molar-refractivity contribution in [1.29, 1.82) is 0 Å². The number of rotatable bonds is 1. The maximum absolute atomic E-state index is 13.3. The van der Waals surface area contributed by atoms with Gasteiger partial charge in [-0.15, -0.1) is 0 Å². The van der Waals surface area contributed by atoms with E-state index in [9.17, 15) is 8.78 Å². The minimum atomic E-state index is -0.426. The molecule has 0 nitrogen and oxygen atoms in total. The third-order valence-corrected chi connectivity index (χ3v) is 2.01. The molecule has 0 radical (unpaired) electrons. The summed E-state index contributed by atoms with van der Waals surface area (Å²) < 4.78 is 26.2. The highest BCUT2D eigenvalue weighted by Crippen LogP contribution is 2.22. The molecular weight excluding hydrogens is 182 g/mol. The highest BCUT2D eigenvalue weighted by atomic mass is 19.1. The highest BCUT2D eigenvalue weighted by Gasteiger charge is 2.04. The van der Waals surface area contributed by atoms with Gasteiger partial charge in [0.2, 0.25) is 0 Å². The van der Waals surface area contributed by atoms with E-state index >= 15 is 0 Å². The lowest BCUT2D eigenvalue weighted by Gasteiger charge is -2.02. The third-order valence-electron chi connectivity index (χ3n) is 2.01. The first kappa shape index (κ1) is 8.88. The molecule has 0 aliphatic heterocycles. The standard InChI is InChI=1S/C12H8F2/c13-10-6-7-12(14)11(8-10)9-4-2-1-3-5-9/h1-8H. The molecule has 0 bridgehead atoms. The molecule has 2 aromatic rings. The Morgan fingerprint density at radius 2 is 1.50 bits per heavy atom. The van der Waals surface area contributed by atoms with Crippen molar-refractivity contribution in [1.82, 2.24) is 0 Å². The molecular formula is C12H8F2. The Morgan fingerprint density at radius 1 is 0.786 bits per heavy atom. The van der Waals surface area contributed by atoms with E-state index < -0.39 is 11.6 Å². The Kier molecular flexibility index (Phi) is 2.27. The lowest BCUT2D eigenvalue weighted by Crippen LogP contribution is -1.85. The molecule has 0 saturated heterocycles. The largest absolute Gasteiger partial charge is 0.207 e. The van der Waals surface area contributed by atoms with Crippen molar-refractivity contribution in [2.75, 3.05) is 0 Å². The highest BCUT2D eigenvalue weighted by molar-refractivity contribution is 5.63. The summed E-state index contributed by atoms with van der Waals surface area (Å²) in [7, 11) is 0. The van der Waals surface area contributed by atoms with Gasteiger partial charge >= 0.3 is 0 Å². The van der Waals surface area contributed by atoms with Crippen molar-refractivity contribution in [3.63, 3.8) is 0 Å². The number of hydrogen-bond donors (Lipinski definition) is 0. The van der Waals surface area contributed by atoms with Gasteiger partial charge < -0.3 is 0 Å². The lowest BCUT2D eigenvalue weighted by molar-refractivity contribution is 0.603. The van der Waals surface area contributed by atoms with E-state index in [1.165, 1.54) is 6.07 Å². The minimum absolute atomic E-state index is 0.297. The Labute approximate surface area is 80.8 Å². The number of benzene rings is 2. The van der Waals surface area contributed by atoms with Crippen LogP contribution >= 0.6 is 0 Å². The first-order chi connectivity index (χ1) is 6.77. The molecule has 0 aliphatic carbocycles. The second kappa shape index (κ2) is 3.58. The van der Waals surface area contributed by atoms with Crippen LogP contribution in [0.1, 0.15) is 0 Å². The van der Waals surface area contributed by atoms with Crippen LogP contribution in [0.2, 0.25) is 0 Å². The maximum Gasteiger partial charge on any atom is 0.131 e. The Balaban J connectivity index is 2.57. The summed E-state index contributed by atoms with van der Waals surface area (Å²) in [6, 6.07) is 12.4. The minimum Gasteiger partial charge on any atom is -0.207 e. The zero-order valence-electron chi connectivity index (χ0n) is 7.37. The average molecular weight is 190 g/mol. The van der Waals surface area contributed by atoms with Crippen molar-refractivity contribution in [3.05, 3.63) is 60.2 Å². The summed E-state index contributed by atoms with van der Waals surface area (Å²) in [6.07, 6.45) is 0. The molecule has 0 atom stereocenters. The van der Waals surface area contributed by atoms with Gasteiger partial charge in [0.1, 0.15) is 11.6 Å². The third kappa shape index (κ3) is 1.64. The monoisotopic (exact) mass is 190 g/mol. The molecule has 0 fully saturated rings. The molecule has 0 amide bonds. The predicted molar refractivity (Wildman–Crippen MR) is 51.8 cm³/mol. The molecule has 0 aromatic heterocycles. The van der Waals surface area contributed by atoms with Gasteiger partial charge in [0.05, 0.1) is 0 Å². The van der Waals surface area contributed by atoms with Gasteiger partial charge in [-0.3, -0.25) is 0 Å². The smallest absolute Gasteiger partial charge is 0.131 e. The van der Waals surface area contributed by atoms with Crippen molar-refractivity contribution in [2.45, 2.75) is 0 Å². The van der Waals surface area contributed by atoms with E-state index in [0.29, 0.717) is 11.1 Å². The molecule has 70 valence electrons. The molecule has 0 spiro atoms. The lowest BCUT2D eigenvalue weighted by atomic mass is 10.1. The molecule has 2 rings (SSSR count). The predicted octanol–water partition coefficient (Wildman–Crippen LogP) is 3.63. The van der Waals surface area contributed by atoms with Gasteiger partial charge in [-0.2, -0.15) is 0 Å². The van der Waals surface area contributed by atoms with Crippen LogP contribution in [0.15, 0.2) is 48.5 Å². The van der Waals surface area contributed by atoms with Gasteiger partial charge in [-0.05, 0) is 23.8 Å². The van der Waals surface area contributed by atoms with Crippen LogP contribution in [0.5, 0.6) is 0 Å².